The van der Waals surface area contributed by atoms with Crippen molar-refractivity contribution in [2.45, 2.75) is 64.2 Å². The molecule has 0 saturated carbocycles. The van der Waals surface area contributed by atoms with Gasteiger partial charge in [-0.05, 0) is 44.4 Å². The Bertz CT molecular complexity index is 1120. The van der Waals surface area contributed by atoms with Gasteiger partial charge in [0.2, 0.25) is 11.8 Å². The highest BCUT2D eigenvalue weighted by molar-refractivity contribution is 6.03. The number of amides is 4. The van der Waals surface area contributed by atoms with Crippen LogP contribution in [0.2, 0.25) is 0 Å². The van der Waals surface area contributed by atoms with Gasteiger partial charge in [0.15, 0.2) is 0 Å². The highest BCUT2D eigenvalue weighted by Crippen LogP contribution is 2.48. The molecular formula is C25H29N3O6. The summed E-state index contributed by atoms with van der Waals surface area (Å²) in [5.74, 6) is -0.772. The van der Waals surface area contributed by atoms with Gasteiger partial charge >= 0.3 is 6.09 Å². The molecule has 4 heterocycles. The summed E-state index contributed by atoms with van der Waals surface area (Å²) in [7, 11) is 0. The fourth-order valence-electron chi connectivity index (χ4n) is 5.25. The number of hydrogen-bond donors (Lipinski definition) is 2. The standard InChI is InChI=1S/C25H29N3O6/c1-24(2,3)34-23(32)28-10-8-25(9-11-28)17(16-6-7-18(29)27-21(16)30)12-14-4-5-15-13-26-22(31)19(15)20(14)33-25/h4-5,12,16H,6-11,13H2,1-3H3,(H,26,31)(H,27,29,30). The van der Waals surface area contributed by atoms with Crippen molar-refractivity contribution in [3.05, 3.63) is 34.4 Å². The molecule has 1 unspecified atom stereocenters. The zero-order valence-corrected chi connectivity index (χ0v) is 19.7. The van der Waals surface area contributed by atoms with Gasteiger partial charge in [-0.15, -0.1) is 0 Å². The molecule has 34 heavy (non-hydrogen) atoms. The summed E-state index contributed by atoms with van der Waals surface area (Å²) < 4.78 is 12.2. The lowest BCUT2D eigenvalue weighted by Gasteiger charge is -2.47. The van der Waals surface area contributed by atoms with Crippen LogP contribution in [0.1, 0.15) is 67.9 Å². The number of imide groups is 1. The van der Waals surface area contributed by atoms with Crippen molar-refractivity contribution in [2.24, 2.45) is 5.92 Å². The number of hydrogen-bond acceptors (Lipinski definition) is 6. The van der Waals surface area contributed by atoms with Crippen molar-refractivity contribution in [1.29, 1.82) is 0 Å². The molecule has 1 aromatic rings. The van der Waals surface area contributed by atoms with Crippen molar-refractivity contribution in [1.82, 2.24) is 15.5 Å². The molecule has 5 rings (SSSR count). The molecule has 0 aliphatic carbocycles. The number of rotatable bonds is 1. The van der Waals surface area contributed by atoms with E-state index >= 15 is 0 Å². The molecule has 4 amide bonds. The first-order valence-electron chi connectivity index (χ1n) is 11.7. The average molecular weight is 468 g/mol. The Balaban J connectivity index is 1.50. The third-order valence-electron chi connectivity index (χ3n) is 6.91. The minimum atomic E-state index is -0.855. The van der Waals surface area contributed by atoms with Gasteiger partial charge < -0.3 is 19.7 Å². The summed E-state index contributed by atoms with van der Waals surface area (Å²) in [6, 6.07) is 3.81. The number of fused-ring (bicyclic) bond motifs is 3. The van der Waals surface area contributed by atoms with Crippen LogP contribution in [0.25, 0.3) is 6.08 Å². The van der Waals surface area contributed by atoms with E-state index in [1.165, 1.54) is 0 Å². The fourth-order valence-corrected chi connectivity index (χ4v) is 5.25. The van der Waals surface area contributed by atoms with Crippen LogP contribution in [-0.4, -0.2) is 53.0 Å². The van der Waals surface area contributed by atoms with Gasteiger partial charge in [0, 0.05) is 44.5 Å². The van der Waals surface area contributed by atoms with Gasteiger partial charge in [0.1, 0.15) is 17.0 Å². The normalized spacial score (nSPS) is 23.4. The molecule has 1 spiro atoms. The maximum Gasteiger partial charge on any atom is 0.410 e. The average Bonchev–Trinajstić information content (AvgIpc) is 3.14. The Morgan fingerprint density at radius 1 is 1.18 bits per heavy atom. The summed E-state index contributed by atoms with van der Waals surface area (Å²) in [5, 5.41) is 5.30. The lowest BCUT2D eigenvalue weighted by molar-refractivity contribution is -0.136. The van der Waals surface area contributed by atoms with E-state index in [-0.39, 0.29) is 30.2 Å². The van der Waals surface area contributed by atoms with Crippen molar-refractivity contribution < 1.29 is 28.7 Å². The van der Waals surface area contributed by atoms with Crippen molar-refractivity contribution in [2.75, 3.05) is 13.1 Å². The number of piperidine rings is 2. The van der Waals surface area contributed by atoms with Crippen LogP contribution in [0, 0.1) is 5.92 Å². The van der Waals surface area contributed by atoms with Crippen LogP contribution in [0.4, 0.5) is 4.79 Å². The fraction of sp³-hybridized carbons (Fsp3) is 0.520. The molecule has 1 atom stereocenters. The predicted molar refractivity (Wildman–Crippen MR) is 122 cm³/mol. The van der Waals surface area contributed by atoms with E-state index in [0.29, 0.717) is 50.2 Å². The number of ether oxygens (including phenoxy) is 2. The van der Waals surface area contributed by atoms with Gasteiger partial charge in [-0.25, -0.2) is 4.79 Å². The maximum atomic E-state index is 12.8. The van der Waals surface area contributed by atoms with Crippen LogP contribution < -0.4 is 15.4 Å². The summed E-state index contributed by atoms with van der Waals surface area (Å²) in [6.07, 6.45) is 3.12. The lowest BCUT2D eigenvalue weighted by Crippen LogP contribution is -2.55. The molecule has 180 valence electrons. The first kappa shape index (κ1) is 22.4. The van der Waals surface area contributed by atoms with Crippen LogP contribution in [0.3, 0.4) is 0 Å². The first-order valence-corrected chi connectivity index (χ1v) is 11.7. The van der Waals surface area contributed by atoms with E-state index in [1.807, 2.05) is 39.0 Å². The molecule has 2 saturated heterocycles. The van der Waals surface area contributed by atoms with E-state index in [4.69, 9.17) is 9.47 Å². The third-order valence-corrected chi connectivity index (χ3v) is 6.91. The molecule has 4 aliphatic rings. The van der Waals surface area contributed by atoms with Gasteiger partial charge in [0.05, 0.1) is 11.5 Å². The number of likely N-dealkylation sites (tertiary alicyclic amines) is 1. The second-order valence-electron chi connectivity index (χ2n) is 10.4. The second kappa shape index (κ2) is 7.85. The molecule has 0 bridgehead atoms. The number of carbonyl (C=O) groups is 4. The largest absolute Gasteiger partial charge is 0.481 e. The van der Waals surface area contributed by atoms with Crippen LogP contribution >= 0.6 is 0 Å². The van der Waals surface area contributed by atoms with Crippen LogP contribution in [0.5, 0.6) is 5.75 Å². The van der Waals surface area contributed by atoms with E-state index in [9.17, 15) is 19.2 Å². The topological polar surface area (TPSA) is 114 Å². The quantitative estimate of drug-likeness (QED) is 0.614. The molecule has 2 N–H and O–H groups in total. The molecule has 1 aromatic carbocycles. The van der Waals surface area contributed by atoms with Crippen molar-refractivity contribution in [3.8, 4) is 5.75 Å². The molecule has 9 heteroatoms. The van der Waals surface area contributed by atoms with Crippen LogP contribution in [-0.2, 0) is 20.9 Å². The predicted octanol–water partition coefficient (Wildman–Crippen LogP) is 2.53. The SMILES string of the molecule is CC(C)(C)OC(=O)N1CCC2(CC1)Oc1c(ccc3c1C(=O)NC3)C=C2C1CCC(=O)NC1=O. The van der Waals surface area contributed by atoms with Gasteiger partial charge in [0.25, 0.3) is 5.91 Å². The summed E-state index contributed by atoms with van der Waals surface area (Å²) in [5.41, 5.74) is 1.50. The molecule has 9 nitrogen and oxygen atoms in total. The van der Waals surface area contributed by atoms with E-state index < -0.39 is 17.1 Å². The highest BCUT2D eigenvalue weighted by atomic mass is 16.6. The smallest absolute Gasteiger partial charge is 0.410 e. The van der Waals surface area contributed by atoms with Crippen molar-refractivity contribution >= 4 is 29.9 Å². The number of nitrogens with zero attached hydrogens (tertiary/aromatic N) is 1. The molecular weight excluding hydrogens is 438 g/mol. The van der Waals surface area contributed by atoms with E-state index in [0.717, 1.165) is 16.7 Å². The second-order valence-corrected chi connectivity index (χ2v) is 10.4. The zero-order chi connectivity index (χ0) is 24.3. The van der Waals surface area contributed by atoms with E-state index in [2.05, 4.69) is 10.6 Å². The Morgan fingerprint density at radius 3 is 2.59 bits per heavy atom. The number of nitrogens with one attached hydrogen (secondary N) is 2. The lowest BCUT2D eigenvalue weighted by atomic mass is 9.72. The number of carbonyl (C=O) groups excluding carboxylic acids is 4. The Hall–Kier alpha value is -3.36. The minimum Gasteiger partial charge on any atom is -0.481 e. The third kappa shape index (κ3) is 3.82. The summed E-state index contributed by atoms with van der Waals surface area (Å²) >= 11 is 0. The zero-order valence-electron chi connectivity index (χ0n) is 19.7. The van der Waals surface area contributed by atoms with Gasteiger partial charge in [-0.1, -0.05) is 12.1 Å². The maximum absolute atomic E-state index is 12.8. The Morgan fingerprint density at radius 2 is 1.91 bits per heavy atom. The molecule has 0 radical (unpaired) electrons. The summed E-state index contributed by atoms with van der Waals surface area (Å²) in [6.45, 7) is 6.70. The minimum absolute atomic E-state index is 0.175. The van der Waals surface area contributed by atoms with E-state index in [1.54, 1.807) is 4.90 Å². The Kier molecular flexibility index (Phi) is 5.18. The van der Waals surface area contributed by atoms with Gasteiger partial charge in [-0.3, -0.25) is 19.7 Å². The van der Waals surface area contributed by atoms with Gasteiger partial charge in [-0.2, -0.15) is 0 Å². The molecule has 0 aromatic heterocycles. The first-order chi connectivity index (χ1) is 16.1. The molecule has 4 aliphatic heterocycles. The number of benzene rings is 1. The van der Waals surface area contributed by atoms with Crippen LogP contribution in [0.15, 0.2) is 17.7 Å². The monoisotopic (exact) mass is 467 g/mol. The summed E-state index contributed by atoms with van der Waals surface area (Å²) in [4.78, 5) is 51.5. The van der Waals surface area contributed by atoms with Crippen molar-refractivity contribution in [3.63, 3.8) is 0 Å². The highest BCUT2D eigenvalue weighted by Gasteiger charge is 2.49. The Labute approximate surface area is 197 Å². The molecule has 2 fully saturated rings.